The number of hydrogen-bond acceptors (Lipinski definition) is 3. The van der Waals surface area contributed by atoms with E-state index in [1.54, 1.807) is 0 Å². The molecule has 2 saturated heterocycles. The van der Waals surface area contributed by atoms with Gasteiger partial charge < -0.3 is 15.1 Å². The molecule has 0 aliphatic carbocycles. The molecule has 2 fully saturated rings. The highest BCUT2D eigenvalue weighted by Crippen LogP contribution is 2.24. The molecule has 2 aliphatic rings. The van der Waals surface area contributed by atoms with E-state index in [2.05, 4.69) is 17.4 Å². The number of nitrogens with one attached hydrogen (secondary N) is 1. The summed E-state index contributed by atoms with van der Waals surface area (Å²) >= 11 is 0. The van der Waals surface area contributed by atoms with Gasteiger partial charge in [0.2, 0.25) is 17.7 Å². The van der Waals surface area contributed by atoms with E-state index in [9.17, 15) is 14.4 Å². The Balaban J connectivity index is 1.45. The fraction of sp³-hybridized carbons (Fsp3) is 0.591. The van der Waals surface area contributed by atoms with Gasteiger partial charge >= 0.3 is 0 Å². The first kappa shape index (κ1) is 20.4. The van der Waals surface area contributed by atoms with Crippen molar-refractivity contribution in [3.05, 3.63) is 35.9 Å². The van der Waals surface area contributed by atoms with Gasteiger partial charge in [0.25, 0.3) is 0 Å². The molecule has 1 aromatic rings. The normalized spacial score (nSPS) is 20.5. The molecule has 0 saturated carbocycles. The number of nitrogens with zero attached hydrogens (tertiary/aromatic N) is 2. The number of benzene rings is 1. The van der Waals surface area contributed by atoms with Gasteiger partial charge in [0.05, 0.1) is 5.92 Å². The molecule has 1 N–H and O–H groups in total. The Labute approximate surface area is 167 Å². The van der Waals surface area contributed by atoms with Crippen molar-refractivity contribution in [3.8, 4) is 0 Å². The number of carbonyl (C=O) groups is 3. The molecule has 0 radical (unpaired) electrons. The summed E-state index contributed by atoms with van der Waals surface area (Å²) in [5.41, 5.74) is 1.20. The van der Waals surface area contributed by atoms with Gasteiger partial charge in [-0.1, -0.05) is 37.3 Å². The molecule has 1 atom stereocenters. The molecule has 0 spiro atoms. The maximum atomic E-state index is 12.9. The van der Waals surface area contributed by atoms with Crippen LogP contribution in [0.1, 0.15) is 38.2 Å². The van der Waals surface area contributed by atoms with Gasteiger partial charge in [-0.3, -0.25) is 14.4 Å². The monoisotopic (exact) mass is 385 g/mol. The van der Waals surface area contributed by atoms with Crippen LogP contribution in [0, 0.1) is 11.8 Å². The van der Waals surface area contributed by atoms with Crippen LogP contribution in [0.3, 0.4) is 0 Å². The van der Waals surface area contributed by atoms with Crippen LogP contribution in [-0.2, 0) is 20.8 Å². The second-order valence-electron chi connectivity index (χ2n) is 7.87. The Morgan fingerprint density at radius 2 is 1.82 bits per heavy atom. The van der Waals surface area contributed by atoms with Crippen LogP contribution < -0.4 is 5.32 Å². The molecule has 3 rings (SSSR count). The Hall–Kier alpha value is -2.37. The molecule has 1 unspecified atom stereocenters. The van der Waals surface area contributed by atoms with E-state index in [1.807, 2.05) is 34.9 Å². The molecular formula is C22H31N3O3. The van der Waals surface area contributed by atoms with Gasteiger partial charge in [0, 0.05) is 45.1 Å². The topological polar surface area (TPSA) is 69.7 Å². The zero-order chi connectivity index (χ0) is 19.9. The highest BCUT2D eigenvalue weighted by atomic mass is 16.2. The summed E-state index contributed by atoms with van der Waals surface area (Å²) in [6, 6.07) is 10.1. The largest absolute Gasteiger partial charge is 0.356 e. The Morgan fingerprint density at radius 1 is 1.11 bits per heavy atom. The summed E-state index contributed by atoms with van der Waals surface area (Å²) in [4.78, 5) is 41.0. The summed E-state index contributed by atoms with van der Waals surface area (Å²) in [7, 11) is 0. The van der Waals surface area contributed by atoms with Crippen molar-refractivity contribution in [2.75, 3.05) is 32.7 Å². The lowest BCUT2D eigenvalue weighted by molar-refractivity contribution is -0.139. The third-order valence-corrected chi connectivity index (χ3v) is 5.80. The minimum atomic E-state index is -0.242. The first-order valence-electron chi connectivity index (χ1n) is 10.5. The molecule has 3 amide bonds. The van der Waals surface area contributed by atoms with Gasteiger partial charge in [-0.25, -0.2) is 0 Å². The number of hydrogen-bond donors (Lipinski definition) is 1. The maximum Gasteiger partial charge on any atom is 0.227 e. The SMILES string of the molecule is CCCNC(=O)C1CCN(C(=O)C2CC(=O)N(CCc3ccccc3)C2)CC1. The summed E-state index contributed by atoms with van der Waals surface area (Å²) in [6.45, 7) is 5.14. The predicted octanol–water partition coefficient (Wildman–Crippen LogP) is 1.84. The average Bonchev–Trinajstić information content (AvgIpc) is 3.11. The second kappa shape index (κ2) is 9.71. The molecule has 6 nitrogen and oxygen atoms in total. The van der Waals surface area contributed by atoms with Gasteiger partial charge in [0.15, 0.2) is 0 Å². The van der Waals surface area contributed by atoms with Crippen molar-refractivity contribution in [1.29, 1.82) is 0 Å². The molecule has 0 aromatic heterocycles. The number of amides is 3. The van der Waals surface area contributed by atoms with Crippen LogP contribution in [0.5, 0.6) is 0 Å². The molecule has 152 valence electrons. The first-order chi connectivity index (χ1) is 13.6. The molecule has 2 aliphatic heterocycles. The summed E-state index contributed by atoms with van der Waals surface area (Å²) in [5, 5.41) is 2.95. The standard InChI is InChI=1S/C22H31N3O3/c1-2-11-23-21(27)18-9-13-24(14-10-18)22(28)19-15-20(26)25(16-19)12-8-17-6-4-3-5-7-17/h3-7,18-19H,2,8-16H2,1H3,(H,23,27). The number of likely N-dealkylation sites (tertiary alicyclic amines) is 2. The first-order valence-corrected chi connectivity index (χ1v) is 10.5. The maximum absolute atomic E-state index is 12.9. The van der Waals surface area contributed by atoms with Gasteiger partial charge in [0.1, 0.15) is 0 Å². The minimum Gasteiger partial charge on any atom is -0.356 e. The van der Waals surface area contributed by atoms with E-state index in [-0.39, 0.29) is 29.6 Å². The number of carbonyl (C=O) groups excluding carboxylic acids is 3. The Morgan fingerprint density at radius 3 is 2.50 bits per heavy atom. The number of piperidine rings is 1. The zero-order valence-electron chi connectivity index (χ0n) is 16.7. The lowest BCUT2D eigenvalue weighted by atomic mass is 9.94. The van der Waals surface area contributed by atoms with E-state index in [0.29, 0.717) is 52.0 Å². The van der Waals surface area contributed by atoms with Gasteiger partial charge in [-0.05, 0) is 31.2 Å². The van der Waals surface area contributed by atoms with E-state index in [0.717, 1.165) is 12.8 Å². The highest BCUT2D eigenvalue weighted by Gasteiger charge is 2.37. The van der Waals surface area contributed by atoms with Crippen molar-refractivity contribution in [2.45, 2.75) is 39.0 Å². The van der Waals surface area contributed by atoms with Crippen molar-refractivity contribution in [1.82, 2.24) is 15.1 Å². The zero-order valence-corrected chi connectivity index (χ0v) is 16.7. The van der Waals surface area contributed by atoms with Crippen LogP contribution >= 0.6 is 0 Å². The van der Waals surface area contributed by atoms with Crippen molar-refractivity contribution < 1.29 is 14.4 Å². The molecular weight excluding hydrogens is 354 g/mol. The minimum absolute atomic E-state index is 0.00295. The highest BCUT2D eigenvalue weighted by molar-refractivity contribution is 5.89. The average molecular weight is 386 g/mol. The third kappa shape index (κ3) is 5.12. The summed E-state index contributed by atoms with van der Waals surface area (Å²) < 4.78 is 0. The van der Waals surface area contributed by atoms with Crippen molar-refractivity contribution in [3.63, 3.8) is 0 Å². The fourth-order valence-electron chi connectivity index (χ4n) is 4.08. The second-order valence-corrected chi connectivity index (χ2v) is 7.87. The smallest absolute Gasteiger partial charge is 0.227 e. The lowest BCUT2D eigenvalue weighted by Gasteiger charge is -2.33. The van der Waals surface area contributed by atoms with Crippen LogP contribution in [0.25, 0.3) is 0 Å². The van der Waals surface area contributed by atoms with E-state index < -0.39 is 0 Å². The van der Waals surface area contributed by atoms with E-state index in [4.69, 9.17) is 0 Å². The Bertz CT molecular complexity index is 684. The van der Waals surface area contributed by atoms with Crippen molar-refractivity contribution in [2.24, 2.45) is 11.8 Å². The van der Waals surface area contributed by atoms with Gasteiger partial charge in [-0.15, -0.1) is 0 Å². The van der Waals surface area contributed by atoms with Gasteiger partial charge in [-0.2, -0.15) is 0 Å². The van der Waals surface area contributed by atoms with Crippen molar-refractivity contribution >= 4 is 17.7 Å². The van der Waals surface area contributed by atoms with E-state index in [1.165, 1.54) is 5.56 Å². The summed E-state index contributed by atoms with van der Waals surface area (Å²) in [5.74, 6) is 0.0140. The fourth-order valence-corrected chi connectivity index (χ4v) is 4.08. The van der Waals surface area contributed by atoms with Crippen LogP contribution in [0.4, 0.5) is 0 Å². The molecule has 0 bridgehead atoms. The third-order valence-electron chi connectivity index (χ3n) is 5.80. The number of rotatable bonds is 7. The van der Waals surface area contributed by atoms with Crippen LogP contribution in [0.2, 0.25) is 0 Å². The predicted molar refractivity (Wildman–Crippen MR) is 107 cm³/mol. The van der Waals surface area contributed by atoms with Crippen LogP contribution in [-0.4, -0.2) is 60.2 Å². The van der Waals surface area contributed by atoms with Crippen LogP contribution in [0.15, 0.2) is 30.3 Å². The quantitative estimate of drug-likeness (QED) is 0.779. The summed E-state index contributed by atoms with van der Waals surface area (Å²) in [6.07, 6.45) is 3.47. The lowest BCUT2D eigenvalue weighted by Crippen LogP contribution is -2.45. The molecule has 2 heterocycles. The molecule has 6 heteroatoms. The molecule has 28 heavy (non-hydrogen) atoms. The molecule has 1 aromatic carbocycles. The van der Waals surface area contributed by atoms with E-state index >= 15 is 0 Å². The Kier molecular flexibility index (Phi) is 7.06.